The summed E-state index contributed by atoms with van der Waals surface area (Å²) in [5.41, 5.74) is 0. The molecule has 1 aromatic rings. The number of hydrogen-bond donors (Lipinski definition) is 0. The van der Waals surface area contributed by atoms with Crippen LogP contribution in [0.2, 0.25) is 0 Å². The number of amides is 1. The molecule has 1 atom stereocenters. The second-order valence-electron chi connectivity index (χ2n) is 7.35. The van der Waals surface area contributed by atoms with Crippen molar-refractivity contribution in [3.63, 3.8) is 0 Å². The molecule has 0 N–H and O–H groups in total. The average Bonchev–Trinajstić information content (AvgIpc) is 2.68. The molecule has 6 heteroatoms. The Bertz CT molecular complexity index is 570. The molecule has 0 aliphatic carbocycles. The van der Waals surface area contributed by atoms with Gasteiger partial charge in [-0.2, -0.15) is 0 Å². The molecule has 26 heavy (non-hydrogen) atoms. The quantitative estimate of drug-likeness (QED) is 0.710. The number of benzene rings is 1. The summed E-state index contributed by atoms with van der Waals surface area (Å²) >= 11 is 1.62. The normalized spacial score (nSPS) is 20.9. The summed E-state index contributed by atoms with van der Waals surface area (Å²) in [6, 6.07) is 6.48. The lowest BCUT2D eigenvalue weighted by atomic mass is 9.95. The number of likely N-dealkylation sites (tertiary alicyclic amines) is 1. The number of morpholine rings is 1. The summed E-state index contributed by atoms with van der Waals surface area (Å²) in [7, 11) is 0. The Morgan fingerprint density at radius 3 is 2.50 bits per heavy atom. The SMILES string of the molecule is C[C@@H](CSc1ccc(F)cc1)C(=O)N1CCC(CN2CCOCC2)CC1. The fourth-order valence-corrected chi connectivity index (χ4v) is 4.53. The second-order valence-corrected chi connectivity index (χ2v) is 8.44. The number of rotatable bonds is 6. The molecule has 2 heterocycles. The minimum Gasteiger partial charge on any atom is -0.379 e. The summed E-state index contributed by atoms with van der Waals surface area (Å²) in [6.45, 7) is 8.66. The van der Waals surface area contributed by atoms with Gasteiger partial charge in [-0.1, -0.05) is 6.92 Å². The van der Waals surface area contributed by atoms with Crippen LogP contribution in [0.3, 0.4) is 0 Å². The Hall–Kier alpha value is -1.11. The molecule has 4 nitrogen and oxygen atoms in total. The van der Waals surface area contributed by atoms with Crippen LogP contribution in [0.1, 0.15) is 19.8 Å². The van der Waals surface area contributed by atoms with Gasteiger partial charge in [0.2, 0.25) is 5.91 Å². The van der Waals surface area contributed by atoms with Gasteiger partial charge < -0.3 is 9.64 Å². The largest absolute Gasteiger partial charge is 0.379 e. The second kappa shape index (κ2) is 9.72. The molecule has 0 spiro atoms. The molecule has 1 aromatic carbocycles. The van der Waals surface area contributed by atoms with E-state index in [2.05, 4.69) is 4.90 Å². The smallest absolute Gasteiger partial charge is 0.226 e. The zero-order valence-electron chi connectivity index (χ0n) is 15.5. The molecule has 2 fully saturated rings. The third kappa shape index (κ3) is 5.69. The summed E-state index contributed by atoms with van der Waals surface area (Å²) < 4.78 is 18.4. The van der Waals surface area contributed by atoms with E-state index in [4.69, 9.17) is 4.74 Å². The highest BCUT2D eigenvalue weighted by atomic mass is 32.2. The predicted molar refractivity (Wildman–Crippen MR) is 103 cm³/mol. The highest BCUT2D eigenvalue weighted by molar-refractivity contribution is 7.99. The third-order valence-corrected chi connectivity index (χ3v) is 6.55. The van der Waals surface area contributed by atoms with Crippen molar-refractivity contribution >= 4 is 17.7 Å². The monoisotopic (exact) mass is 380 g/mol. The molecular weight excluding hydrogens is 351 g/mol. The van der Waals surface area contributed by atoms with E-state index >= 15 is 0 Å². The van der Waals surface area contributed by atoms with E-state index in [1.165, 1.54) is 12.1 Å². The molecule has 0 radical (unpaired) electrons. The lowest BCUT2D eigenvalue weighted by Crippen LogP contribution is -2.45. The Morgan fingerprint density at radius 2 is 1.85 bits per heavy atom. The van der Waals surface area contributed by atoms with Crippen LogP contribution < -0.4 is 0 Å². The number of nitrogens with zero attached hydrogens (tertiary/aromatic N) is 2. The van der Waals surface area contributed by atoms with Crippen molar-refractivity contribution in [2.45, 2.75) is 24.7 Å². The lowest BCUT2D eigenvalue weighted by Gasteiger charge is -2.36. The van der Waals surface area contributed by atoms with Gasteiger partial charge in [0, 0.05) is 49.3 Å². The Labute approximate surface area is 160 Å². The number of carbonyl (C=O) groups is 1. The standard InChI is InChI=1S/C20H29FN2O2S/c1-16(15-26-19-4-2-18(21)3-5-19)20(24)23-8-6-17(7-9-23)14-22-10-12-25-13-11-22/h2-5,16-17H,6-15H2,1H3/t16-/m0/s1. The van der Waals surface area contributed by atoms with E-state index in [-0.39, 0.29) is 17.6 Å². The lowest BCUT2D eigenvalue weighted by molar-refractivity contribution is -0.135. The highest BCUT2D eigenvalue weighted by Gasteiger charge is 2.27. The number of piperidine rings is 1. The number of carbonyl (C=O) groups excluding carboxylic acids is 1. The number of hydrogen-bond acceptors (Lipinski definition) is 4. The minimum atomic E-state index is -0.224. The first kappa shape index (κ1) is 19.6. The number of thioether (sulfide) groups is 1. The first-order valence-electron chi connectivity index (χ1n) is 9.59. The Kier molecular flexibility index (Phi) is 7.34. The molecule has 2 aliphatic rings. The van der Waals surface area contributed by atoms with Crippen LogP contribution in [-0.4, -0.2) is 67.4 Å². The van der Waals surface area contributed by atoms with E-state index in [0.717, 1.165) is 69.4 Å². The summed E-state index contributed by atoms with van der Waals surface area (Å²) in [5, 5.41) is 0. The van der Waals surface area contributed by atoms with E-state index in [1.54, 1.807) is 23.9 Å². The molecule has 144 valence electrons. The van der Waals surface area contributed by atoms with E-state index in [1.807, 2.05) is 11.8 Å². The Balaban J connectivity index is 1.38. The molecule has 1 amide bonds. The molecule has 0 bridgehead atoms. The Morgan fingerprint density at radius 1 is 1.19 bits per heavy atom. The average molecular weight is 381 g/mol. The van der Waals surface area contributed by atoms with Crippen molar-refractivity contribution < 1.29 is 13.9 Å². The number of ether oxygens (including phenoxy) is 1. The van der Waals surface area contributed by atoms with Gasteiger partial charge >= 0.3 is 0 Å². The topological polar surface area (TPSA) is 32.8 Å². The van der Waals surface area contributed by atoms with E-state index in [9.17, 15) is 9.18 Å². The van der Waals surface area contributed by atoms with Crippen molar-refractivity contribution in [2.75, 3.05) is 51.7 Å². The zero-order valence-corrected chi connectivity index (χ0v) is 16.3. The fraction of sp³-hybridized carbons (Fsp3) is 0.650. The molecule has 2 aliphatic heterocycles. The first-order chi connectivity index (χ1) is 12.6. The van der Waals surface area contributed by atoms with Crippen LogP contribution in [-0.2, 0) is 9.53 Å². The van der Waals surface area contributed by atoms with Gasteiger partial charge in [-0.3, -0.25) is 9.69 Å². The molecule has 3 rings (SSSR count). The summed E-state index contributed by atoms with van der Waals surface area (Å²) in [4.78, 5) is 18.2. The van der Waals surface area contributed by atoms with Crippen molar-refractivity contribution in [2.24, 2.45) is 11.8 Å². The van der Waals surface area contributed by atoms with Gasteiger partial charge in [0.1, 0.15) is 5.82 Å². The first-order valence-corrected chi connectivity index (χ1v) is 10.6. The van der Waals surface area contributed by atoms with Gasteiger partial charge in [0.05, 0.1) is 13.2 Å². The van der Waals surface area contributed by atoms with Gasteiger partial charge in [-0.05, 0) is 43.0 Å². The van der Waals surface area contributed by atoms with Crippen LogP contribution in [0.15, 0.2) is 29.2 Å². The maximum atomic E-state index is 13.0. The predicted octanol–water partition coefficient (Wildman–Crippen LogP) is 3.12. The van der Waals surface area contributed by atoms with Crippen molar-refractivity contribution in [3.05, 3.63) is 30.1 Å². The van der Waals surface area contributed by atoms with E-state index in [0.29, 0.717) is 5.92 Å². The maximum Gasteiger partial charge on any atom is 0.226 e. The molecule has 2 saturated heterocycles. The number of halogens is 1. The van der Waals surface area contributed by atoms with E-state index < -0.39 is 0 Å². The van der Waals surface area contributed by atoms with Gasteiger partial charge in [-0.25, -0.2) is 4.39 Å². The third-order valence-electron chi connectivity index (χ3n) is 5.28. The van der Waals surface area contributed by atoms with Crippen LogP contribution in [0.4, 0.5) is 4.39 Å². The van der Waals surface area contributed by atoms with Gasteiger partial charge in [0.15, 0.2) is 0 Å². The maximum absolute atomic E-state index is 13.0. The minimum absolute atomic E-state index is 0.0131. The molecule has 0 aromatic heterocycles. The van der Waals surface area contributed by atoms with Crippen LogP contribution in [0.25, 0.3) is 0 Å². The van der Waals surface area contributed by atoms with Crippen LogP contribution >= 0.6 is 11.8 Å². The van der Waals surface area contributed by atoms with Crippen LogP contribution in [0, 0.1) is 17.7 Å². The summed E-state index contributed by atoms with van der Waals surface area (Å²) in [5.74, 6) is 1.45. The fourth-order valence-electron chi connectivity index (χ4n) is 3.62. The van der Waals surface area contributed by atoms with Crippen LogP contribution in [0.5, 0.6) is 0 Å². The zero-order chi connectivity index (χ0) is 18.4. The molecular formula is C20H29FN2O2S. The van der Waals surface area contributed by atoms with Crippen molar-refractivity contribution in [3.8, 4) is 0 Å². The van der Waals surface area contributed by atoms with Gasteiger partial charge in [-0.15, -0.1) is 11.8 Å². The van der Waals surface area contributed by atoms with Crippen molar-refractivity contribution in [1.29, 1.82) is 0 Å². The summed E-state index contributed by atoms with van der Waals surface area (Å²) in [6.07, 6.45) is 2.20. The van der Waals surface area contributed by atoms with Crippen molar-refractivity contribution in [1.82, 2.24) is 9.80 Å². The van der Waals surface area contributed by atoms with Gasteiger partial charge in [0.25, 0.3) is 0 Å². The molecule has 0 unspecified atom stereocenters. The molecule has 0 saturated carbocycles. The highest BCUT2D eigenvalue weighted by Crippen LogP contribution is 2.24.